The van der Waals surface area contributed by atoms with Crippen molar-refractivity contribution >= 4 is 12.7 Å². The number of benzene rings is 2. The Balaban J connectivity index is 2.48. The van der Waals surface area contributed by atoms with Crippen molar-refractivity contribution in [1.29, 1.82) is 0 Å². The Bertz CT molecular complexity index is 747. The molecule has 0 aliphatic carbocycles. The Kier molecular flexibility index (Phi) is 4.93. The Morgan fingerprint density at radius 3 is 2.14 bits per heavy atom. The van der Waals surface area contributed by atoms with Crippen LogP contribution in [0.1, 0.15) is 22.3 Å². The molecule has 0 spiro atoms. The first-order chi connectivity index (χ1) is 10.4. The lowest BCUT2D eigenvalue weighted by atomic mass is 10.1. The van der Waals surface area contributed by atoms with E-state index in [-0.39, 0.29) is 0 Å². The Morgan fingerprint density at radius 1 is 1.00 bits per heavy atom. The van der Waals surface area contributed by atoms with Gasteiger partial charge in [-0.25, -0.2) is 0 Å². The van der Waals surface area contributed by atoms with Crippen LogP contribution < -0.4 is 9.83 Å². The summed E-state index contributed by atoms with van der Waals surface area (Å²) in [5.74, 6) is 0.677. The highest BCUT2D eigenvalue weighted by Crippen LogP contribution is 2.47. The van der Waals surface area contributed by atoms with Crippen LogP contribution >= 0.6 is 7.37 Å². The molecule has 22 heavy (non-hydrogen) atoms. The normalized spacial score (nSPS) is 13.5. The molecule has 3 heteroatoms. The molecular formula is C19H23O2P. The lowest BCUT2D eigenvalue weighted by Crippen LogP contribution is -2.15. The summed E-state index contributed by atoms with van der Waals surface area (Å²) in [7, 11) is -3.01. The summed E-state index contributed by atoms with van der Waals surface area (Å²) in [6.07, 6.45) is 1.99. The molecule has 2 rings (SSSR count). The second-order valence-electron chi connectivity index (χ2n) is 5.79. The largest absolute Gasteiger partial charge is 0.439 e. The van der Waals surface area contributed by atoms with Crippen LogP contribution in [-0.4, -0.2) is 6.16 Å². The van der Waals surface area contributed by atoms with Crippen LogP contribution in [0.5, 0.6) is 5.75 Å². The molecule has 0 aromatic heterocycles. The second kappa shape index (κ2) is 6.54. The third-order valence-electron chi connectivity index (χ3n) is 3.67. The number of allylic oxidation sites excluding steroid dienone is 1. The van der Waals surface area contributed by atoms with Gasteiger partial charge in [0.1, 0.15) is 5.75 Å². The van der Waals surface area contributed by atoms with Gasteiger partial charge < -0.3 is 4.52 Å². The average Bonchev–Trinajstić information content (AvgIpc) is 2.42. The maximum absolute atomic E-state index is 13.5. The predicted octanol–water partition coefficient (Wildman–Crippen LogP) is 5.09. The van der Waals surface area contributed by atoms with Crippen molar-refractivity contribution in [2.45, 2.75) is 27.7 Å². The van der Waals surface area contributed by atoms with Gasteiger partial charge in [0.2, 0.25) is 0 Å². The average molecular weight is 314 g/mol. The standard InChI is InChI=1S/C19H23O2P/c1-6-11-22(20,19-10-8-15(3)13-17(19)5)21-18-9-7-14(2)12-16(18)4/h6-10,12-13H,1,11H2,2-5H3. The maximum atomic E-state index is 13.5. The first-order valence-corrected chi connectivity index (χ1v) is 9.21. The van der Waals surface area contributed by atoms with Crippen LogP contribution in [0.3, 0.4) is 0 Å². The van der Waals surface area contributed by atoms with Crippen LogP contribution in [-0.2, 0) is 4.57 Å². The molecule has 2 aromatic carbocycles. The van der Waals surface area contributed by atoms with E-state index < -0.39 is 7.37 Å². The zero-order valence-corrected chi connectivity index (χ0v) is 14.6. The smallest absolute Gasteiger partial charge is 0.281 e. The van der Waals surface area contributed by atoms with Gasteiger partial charge in [-0.1, -0.05) is 41.5 Å². The van der Waals surface area contributed by atoms with E-state index in [0.717, 1.165) is 27.6 Å². The van der Waals surface area contributed by atoms with Crippen molar-refractivity contribution in [3.8, 4) is 5.75 Å². The number of hydrogen-bond donors (Lipinski definition) is 0. The Labute approximate surface area is 133 Å². The second-order valence-corrected chi connectivity index (χ2v) is 8.17. The van der Waals surface area contributed by atoms with E-state index in [2.05, 4.69) is 6.58 Å². The number of aryl methyl sites for hydroxylation is 4. The first kappa shape index (κ1) is 16.6. The van der Waals surface area contributed by atoms with Gasteiger partial charge in [-0.2, -0.15) is 0 Å². The van der Waals surface area contributed by atoms with Gasteiger partial charge in [-0.15, -0.1) is 6.58 Å². The maximum Gasteiger partial charge on any atom is 0.281 e. The molecule has 0 fully saturated rings. The molecule has 1 atom stereocenters. The summed E-state index contributed by atoms with van der Waals surface area (Å²) in [6.45, 7) is 11.8. The van der Waals surface area contributed by atoms with Crippen molar-refractivity contribution < 1.29 is 9.09 Å². The molecule has 0 aliphatic rings. The predicted molar refractivity (Wildman–Crippen MR) is 94.8 cm³/mol. The third kappa shape index (κ3) is 3.51. The zero-order chi connectivity index (χ0) is 16.3. The monoisotopic (exact) mass is 314 g/mol. The van der Waals surface area contributed by atoms with Gasteiger partial charge in [0.05, 0.1) is 11.5 Å². The molecule has 116 valence electrons. The highest BCUT2D eigenvalue weighted by atomic mass is 31.2. The zero-order valence-electron chi connectivity index (χ0n) is 13.7. The van der Waals surface area contributed by atoms with Gasteiger partial charge in [-0.05, 0) is 51.0 Å². The Hall–Kier alpha value is -1.79. The molecule has 0 amide bonds. The van der Waals surface area contributed by atoms with Gasteiger partial charge in [0, 0.05) is 0 Å². The van der Waals surface area contributed by atoms with Crippen LogP contribution in [0.4, 0.5) is 0 Å². The fraction of sp³-hybridized carbons (Fsp3) is 0.263. The topological polar surface area (TPSA) is 26.3 Å². The van der Waals surface area contributed by atoms with Crippen molar-refractivity contribution in [2.24, 2.45) is 0 Å². The molecule has 0 N–H and O–H groups in total. The number of rotatable bonds is 5. The molecule has 0 aliphatic heterocycles. The van der Waals surface area contributed by atoms with Gasteiger partial charge in [0.15, 0.2) is 0 Å². The van der Waals surface area contributed by atoms with Crippen molar-refractivity contribution in [2.75, 3.05) is 6.16 Å². The summed E-state index contributed by atoms with van der Waals surface area (Å²) in [5, 5.41) is 0.776. The van der Waals surface area contributed by atoms with Crippen LogP contribution in [0, 0.1) is 27.7 Å². The van der Waals surface area contributed by atoms with Crippen molar-refractivity contribution in [3.05, 3.63) is 71.3 Å². The molecular weight excluding hydrogens is 291 g/mol. The minimum Gasteiger partial charge on any atom is -0.439 e. The highest BCUT2D eigenvalue weighted by Gasteiger charge is 2.28. The Morgan fingerprint density at radius 2 is 1.59 bits per heavy atom. The number of hydrogen-bond acceptors (Lipinski definition) is 2. The third-order valence-corrected chi connectivity index (χ3v) is 6.13. The lowest BCUT2D eigenvalue weighted by molar-refractivity contribution is 0.493. The highest BCUT2D eigenvalue weighted by molar-refractivity contribution is 7.67. The molecule has 2 aromatic rings. The molecule has 0 heterocycles. The molecule has 0 saturated heterocycles. The van der Waals surface area contributed by atoms with Crippen LogP contribution in [0.25, 0.3) is 0 Å². The van der Waals surface area contributed by atoms with Crippen molar-refractivity contribution in [3.63, 3.8) is 0 Å². The fourth-order valence-corrected chi connectivity index (χ4v) is 4.74. The fourth-order valence-electron chi connectivity index (χ4n) is 2.60. The first-order valence-electron chi connectivity index (χ1n) is 7.40. The summed E-state index contributed by atoms with van der Waals surface area (Å²) < 4.78 is 19.5. The lowest BCUT2D eigenvalue weighted by Gasteiger charge is -2.22. The van der Waals surface area contributed by atoms with Gasteiger partial charge >= 0.3 is 0 Å². The summed E-state index contributed by atoms with van der Waals surface area (Å²) in [6, 6.07) is 11.8. The van der Waals surface area contributed by atoms with E-state index in [1.54, 1.807) is 6.08 Å². The molecule has 0 bridgehead atoms. The minimum atomic E-state index is -3.01. The van der Waals surface area contributed by atoms with E-state index in [9.17, 15) is 4.57 Å². The van der Waals surface area contributed by atoms with Crippen LogP contribution in [0.2, 0.25) is 0 Å². The summed E-state index contributed by atoms with van der Waals surface area (Å²) in [5.41, 5.74) is 4.30. The van der Waals surface area contributed by atoms with Crippen LogP contribution in [0.15, 0.2) is 49.1 Å². The van der Waals surface area contributed by atoms with E-state index in [1.807, 2.05) is 64.1 Å². The summed E-state index contributed by atoms with van der Waals surface area (Å²) >= 11 is 0. The molecule has 0 radical (unpaired) electrons. The minimum absolute atomic E-state index is 0.324. The quantitative estimate of drug-likeness (QED) is 0.567. The van der Waals surface area contributed by atoms with Gasteiger partial charge in [0.25, 0.3) is 7.37 Å². The van der Waals surface area contributed by atoms with Gasteiger partial charge in [-0.3, -0.25) is 4.57 Å². The van der Waals surface area contributed by atoms with Crippen molar-refractivity contribution in [1.82, 2.24) is 0 Å². The molecule has 1 unspecified atom stereocenters. The molecule has 0 saturated carbocycles. The van der Waals surface area contributed by atoms with E-state index in [4.69, 9.17) is 4.52 Å². The summed E-state index contributed by atoms with van der Waals surface area (Å²) in [4.78, 5) is 0. The van der Waals surface area contributed by atoms with E-state index in [0.29, 0.717) is 11.9 Å². The van der Waals surface area contributed by atoms with E-state index >= 15 is 0 Å². The molecule has 2 nitrogen and oxygen atoms in total. The van der Waals surface area contributed by atoms with E-state index in [1.165, 1.54) is 0 Å². The SMILES string of the molecule is C=CCP(=O)(Oc1ccc(C)cc1C)c1ccc(C)cc1C.